The van der Waals surface area contributed by atoms with Gasteiger partial charge in [-0.3, -0.25) is 19.2 Å². The van der Waals surface area contributed by atoms with Crippen LogP contribution in [0.1, 0.15) is 27.7 Å². The summed E-state index contributed by atoms with van der Waals surface area (Å²) in [5.41, 5.74) is 0. The molecule has 1 amide bonds. The number of carbonyl (C=O) groups is 4. The minimum atomic E-state index is -1.16. The van der Waals surface area contributed by atoms with Gasteiger partial charge >= 0.3 is 17.9 Å². The first-order chi connectivity index (χ1) is 12.6. The molecule has 27 heavy (non-hydrogen) atoms. The number of carbonyl (C=O) groups excluding carboxylic acids is 4. The van der Waals surface area contributed by atoms with E-state index in [0.717, 1.165) is 13.8 Å². The number of rotatable bonds is 7. The zero-order chi connectivity index (χ0) is 20.6. The molecule has 0 aromatic rings. The summed E-state index contributed by atoms with van der Waals surface area (Å²) in [6.07, 6.45) is 0.717. The molecule has 1 aliphatic heterocycles. The molecule has 10 heteroatoms. The fourth-order valence-corrected chi connectivity index (χ4v) is 2.56. The molecule has 1 rings (SSSR count). The molecule has 5 atom stereocenters. The Morgan fingerprint density at radius 2 is 1.59 bits per heavy atom. The Hall–Kier alpha value is -2.64. The minimum absolute atomic E-state index is 0.161. The molecule has 0 radical (unpaired) electrons. The van der Waals surface area contributed by atoms with E-state index in [4.69, 9.17) is 30.1 Å². The van der Waals surface area contributed by atoms with Crippen molar-refractivity contribution in [2.75, 3.05) is 13.2 Å². The summed E-state index contributed by atoms with van der Waals surface area (Å²) in [6.45, 7) is 4.29. The van der Waals surface area contributed by atoms with Crippen molar-refractivity contribution in [1.82, 2.24) is 5.32 Å². The van der Waals surface area contributed by atoms with Crippen molar-refractivity contribution in [1.29, 1.82) is 0 Å². The van der Waals surface area contributed by atoms with Crippen molar-refractivity contribution in [3.8, 4) is 12.3 Å². The molecule has 1 heterocycles. The maximum atomic E-state index is 11.6. The number of ether oxygens (including phenoxy) is 5. The normalized spacial score (nSPS) is 27.0. The van der Waals surface area contributed by atoms with Gasteiger partial charge in [0, 0.05) is 27.7 Å². The molecule has 0 bridgehead atoms. The molecule has 1 N–H and O–H groups in total. The third-order valence-electron chi connectivity index (χ3n) is 3.40. The van der Waals surface area contributed by atoms with E-state index in [1.807, 2.05) is 0 Å². The van der Waals surface area contributed by atoms with Crippen LogP contribution >= 0.6 is 0 Å². The lowest BCUT2D eigenvalue weighted by Gasteiger charge is -2.44. The molecule has 0 aromatic heterocycles. The molecule has 0 spiro atoms. The molecule has 0 aromatic carbocycles. The van der Waals surface area contributed by atoms with E-state index in [1.54, 1.807) is 0 Å². The molecule has 1 aliphatic rings. The van der Waals surface area contributed by atoms with Gasteiger partial charge < -0.3 is 29.0 Å². The monoisotopic (exact) mass is 385 g/mol. The van der Waals surface area contributed by atoms with Gasteiger partial charge in [-0.15, -0.1) is 6.42 Å². The van der Waals surface area contributed by atoms with E-state index in [-0.39, 0.29) is 13.2 Å². The molecular formula is C17H23NO9. The van der Waals surface area contributed by atoms with Crippen LogP contribution in [0, 0.1) is 12.3 Å². The summed E-state index contributed by atoms with van der Waals surface area (Å²) in [4.78, 5) is 45.9. The van der Waals surface area contributed by atoms with Gasteiger partial charge in [0.15, 0.2) is 18.5 Å². The first kappa shape index (κ1) is 22.4. The van der Waals surface area contributed by atoms with Crippen molar-refractivity contribution in [2.45, 2.75) is 58.3 Å². The van der Waals surface area contributed by atoms with Gasteiger partial charge in [-0.2, -0.15) is 0 Å². The fourth-order valence-electron chi connectivity index (χ4n) is 2.56. The molecule has 0 saturated carbocycles. The maximum Gasteiger partial charge on any atom is 0.303 e. The lowest BCUT2D eigenvalue weighted by atomic mass is 9.96. The minimum Gasteiger partial charge on any atom is -0.463 e. The maximum absolute atomic E-state index is 11.6. The molecule has 1 fully saturated rings. The third-order valence-corrected chi connectivity index (χ3v) is 3.40. The second kappa shape index (κ2) is 10.5. The van der Waals surface area contributed by atoms with E-state index in [1.165, 1.54) is 13.8 Å². The Morgan fingerprint density at radius 1 is 1.00 bits per heavy atom. The van der Waals surface area contributed by atoms with Crippen molar-refractivity contribution in [3.63, 3.8) is 0 Å². The van der Waals surface area contributed by atoms with E-state index in [2.05, 4.69) is 11.2 Å². The lowest BCUT2D eigenvalue weighted by Crippen LogP contribution is -2.66. The number of nitrogens with one attached hydrogen (secondary N) is 1. The number of esters is 3. The topological polar surface area (TPSA) is 126 Å². The summed E-state index contributed by atoms with van der Waals surface area (Å²) >= 11 is 0. The zero-order valence-corrected chi connectivity index (χ0v) is 15.6. The van der Waals surface area contributed by atoms with Gasteiger partial charge in [0.1, 0.15) is 25.4 Å². The van der Waals surface area contributed by atoms with Crippen LogP contribution in [0.15, 0.2) is 0 Å². The number of hydrogen-bond donors (Lipinski definition) is 1. The van der Waals surface area contributed by atoms with E-state index in [0.29, 0.717) is 0 Å². The first-order valence-corrected chi connectivity index (χ1v) is 8.11. The number of amides is 1. The highest BCUT2D eigenvalue weighted by atomic mass is 16.7. The summed E-state index contributed by atoms with van der Waals surface area (Å²) in [7, 11) is 0. The van der Waals surface area contributed by atoms with Crippen molar-refractivity contribution in [3.05, 3.63) is 0 Å². The summed E-state index contributed by atoms with van der Waals surface area (Å²) in [5, 5.41) is 2.55. The predicted molar refractivity (Wildman–Crippen MR) is 88.8 cm³/mol. The number of terminal acetylenes is 1. The molecule has 0 unspecified atom stereocenters. The van der Waals surface area contributed by atoms with Gasteiger partial charge in [-0.1, -0.05) is 5.92 Å². The Labute approximate surface area is 156 Å². The van der Waals surface area contributed by atoms with Gasteiger partial charge in [0.05, 0.1) is 0 Å². The largest absolute Gasteiger partial charge is 0.463 e. The van der Waals surface area contributed by atoms with Crippen molar-refractivity contribution >= 4 is 23.8 Å². The Balaban J connectivity index is 3.25. The Kier molecular flexibility index (Phi) is 8.71. The van der Waals surface area contributed by atoms with Gasteiger partial charge in [-0.25, -0.2) is 0 Å². The molecule has 0 aliphatic carbocycles. The highest BCUT2D eigenvalue weighted by Gasteiger charge is 2.51. The van der Waals surface area contributed by atoms with Crippen LogP contribution in [-0.2, 0) is 42.9 Å². The van der Waals surface area contributed by atoms with Gasteiger partial charge in [-0.05, 0) is 0 Å². The summed E-state index contributed by atoms with van der Waals surface area (Å²) < 4.78 is 26.6. The van der Waals surface area contributed by atoms with Gasteiger partial charge in [0.25, 0.3) is 0 Å². The van der Waals surface area contributed by atoms with Crippen LogP contribution in [0.3, 0.4) is 0 Å². The van der Waals surface area contributed by atoms with Crippen molar-refractivity contribution in [2.24, 2.45) is 0 Å². The Morgan fingerprint density at radius 3 is 2.07 bits per heavy atom. The second-order valence-corrected chi connectivity index (χ2v) is 5.74. The smallest absolute Gasteiger partial charge is 0.303 e. The van der Waals surface area contributed by atoms with Crippen molar-refractivity contribution < 1.29 is 42.9 Å². The highest BCUT2D eigenvalue weighted by Crippen LogP contribution is 2.27. The van der Waals surface area contributed by atoms with Crippen LogP contribution in [-0.4, -0.2) is 67.7 Å². The number of hydrogen-bond acceptors (Lipinski definition) is 9. The SMILES string of the molecule is C#CCO[C@H]1O[C@H](COC(C)=O)[C@H](OC(C)=O)[C@H](OC(C)=O)[C@H]1NC(C)=O. The molecular weight excluding hydrogens is 362 g/mol. The molecule has 1 saturated heterocycles. The molecule has 10 nitrogen and oxygen atoms in total. The van der Waals surface area contributed by atoms with Crippen LogP contribution in [0.25, 0.3) is 0 Å². The van der Waals surface area contributed by atoms with Crippen LogP contribution in [0.5, 0.6) is 0 Å². The van der Waals surface area contributed by atoms with E-state index >= 15 is 0 Å². The summed E-state index contributed by atoms with van der Waals surface area (Å²) in [6, 6.07) is -1.02. The zero-order valence-electron chi connectivity index (χ0n) is 15.6. The quantitative estimate of drug-likeness (QED) is 0.343. The van der Waals surface area contributed by atoms with Crippen LogP contribution < -0.4 is 5.32 Å². The second-order valence-electron chi connectivity index (χ2n) is 5.74. The van der Waals surface area contributed by atoms with Crippen LogP contribution in [0.4, 0.5) is 0 Å². The summed E-state index contributed by atoms with van der Waals surface area (Å²) in [5.74, 6) is -0.158. The average Bonchev–Trinajstić information content (AvgIpc) is 2.54. The molecule has 150 valence electrons. The Bertz CT molecular complexity index is 612. The first-order valence-electron chi connectivity index (χ1n) is 8.11. The predicted octanol–water partition coefficient (Wildman–Crippen LogP) is -0.708. The average molecular weight is 385 g/mol. The fraction of sp³-hybridized carbons (Fsp3) is 0.647. The standard InChI is InChI=1S/C17H23NO9/c1-6-7-23-17-14(18-9(2)19)16(26-12(5)22)15(25-11(4)21)13(27-17)8-24-10(3)20/h1,13-17H,7-8H2,2-5H3,(H,18,19)/t13-,14-,15+,16-,17+/m1/s1. The highest BCUT2D eigenvalue weighted by molar-refractivity contribution is 5.73. The van der Waals surface area contributed by atoms with E-state index in [9.17, 15) is 19.2 Å². The van der Waals surface area contributed by atoms with Gasteiger partial charge in [0.2, 0.25) is 5.91 Å². The van der Waals surface area contributed by atoms with Crippen LogP contribution in [0.2, 0.25) is 0 Å². The third kappa shape index (κ3) is 7.24. The van der Waals surface area contributed by atoms with E-state index < -0.39 is 54.5 Å². The lowest BCUT2D eigenvalue weighted by molar-refractivity contribution is -0.274.